The van der Waals surface area contributed by atoms with Gasteiger partial charge in [-0.3, -0.25) is 4.55 Å². The van der Waals surface area contributed by atoms with E-state index in [1.54, 1.807) is 30.3 Å². The van der Waals surface area contributed by atoms with E-state index in [0.717, 1.165) is 36.4 Å². The number of hydrogen-bond acceptors (Lipinski definition) is 5. The van der Waals surface area contributed by atoms with E-state index in [2.05, 4.69) is 9.47 Å². The van der Waals surface area contributed by atoms with E-state index in [0.29, 0.717) is 14.7 Å². The highest BCUT2D eigenvalue weighted by molar-refractivity contribution is 7.97. The molecule has 0 heterocycles. The molecule has 0 aromatic heterocycles. The molecule has 0 aliphatic heterocycles. The van der Waals surface area contributed by atoms with Crippen molar-refractivity contribution in [1.29, 1.82) is 0 Å². The molecule has 44 heavy (non-hydrogen) atoms. The molecule has 0 bridgehead atoms. The normalized spacial score (nSPS) is 15.0. The van der Waals surface area contributed by atoms with Gasteiger partial charge in [0.15, 0.2) is 14.7 Å². The summed E-state index contributed by atoms with van der Waals surface area (Å²) in [6.07, 6.45) is -22.4. The SMILES string of the molecule is O=S(=O)(O)C(F)(F)C(Oc1ccc([S+](c2ccccc2)c2ccc(OCC(O)(C(F)(F)F)C(F)(F)F)cc2)cc1)C(F)(F)F. The molecule has 0 fully saturated rings. The first kappa shape index (κ1) is 35.2. The van der Waals surface area contributed by atoms with Crippen LogP contribution in [0.25, 0.3) is 0 Å². The minimum atomic E-state index is -6.54. The molecule has 3 aromatic carbocycles. The lowest BCUT2D eigenvalue weighted by atomic mass is 10.0. The van der Waals surface area contributed by atoms with Gasteiger partial charge in [-0.05, 0) is 60.7 Å². The van der Waals surface area contributed by atoms with Gasteiger partial charge in [-0.1, -0.05) is 18.2 Å². The molecule has 2 N–H and O–H groups in total. The Hall–Kier alpha value is -3.29. The van der Waals surface area contributed by atoms with Gasteiger partial charge in [0.05, 0.1) is 10.9 Å². The lowest BCUT2D eigenvalue weighted by molar-refractivity contribution is -0.373. The molecular weight excluding hydrogens is 669 g/mol. The molecule has 0 aliphatic carbocycles. The van der Waals surface area contributed by atoms with Crippen molar-refractivity contribution in [3.8, 4) is 11.5 Å². The standard InChI is InChI=1S/C25H17F11O6S2/c26-22(27,28)20(23(29,30)44(38,39)40)42-16-8-12-19(13-9-16)43(17-4-2-1-3-5-17)18-10-6-15(7-11-18)41-14-21(37,24(31,32)33)25(34,35)36/h1-13,20,37H,14H2/p+1. The van der Waals surface area contributed by atoms with Gasteiger partial charge in [-0.25, -0.2) is 0 Å². The first-order valence-electron chi connectivity index (χ1n) is 11.6. The molecule has 3 aromatic rings. The molecule has 6 nitrogen and oxygen atoms in total. The van der Waals surface area contributed by atoms with Crippen molar-refractivity contribution in [3.63, 3.8) is 0 Å². The van der Waals surface area contributed by atoms with E-state index in [-0.39, 0.29) is 0 Å². The number of aliphatic hydroxyl groups is 1. The maximum absolute atomic E-state index is 13.9. The van der Waals surface area contributed by atoms with Gasteiger partial charge in [0.25, 0.3) is 11.7 Å². The number of ether oxygens (including phenoxy) is 2. The molecule has 2 unspecified atom stereocenters. The zero-order chi connectivity index (χ0) is 33.4. The van der Waals surface area contributed by atoms with Gasteiger partial charge in [0, 0.05) is 0 Å². The van der Waals surface area contributed by atoms with Crippen LogP contribution in [-0.4, -0.2) is 60.2 Å². The summed E-state index contributed by atoms with van der Waals surface area (Å²) in [5, 5.41) is 3.50. The molecule has 0 aliphatic rings. The van der Waals surface area contributed by atoms with Crippen molar-refractivity contribution in [2.75, 3.05) is 6.61 Å². The molecular formula is C25H18F11O6S2+. The largest absolute Gasteiger partial charge is 0.490 e. The summed E-state index contributed by atoms with van der Waals surface area (Å²) in [6, 6.07) is 16.5. The second-order valence-electron chi connectivity index (χ2n) is 8.78. The highest BCUT2D eigenvalue weighted by atomic mass is 32.2. The van der Waals surface area contributed by atoms with Crippen molar-refractivity contribution < 1.29 is 75.8 Å². The first-order valence-corrected chi connectivity index (χ1v) is 14.2. The highest BCUT2D eigenvalue weighted by Gasteiger charge is 2.71. The number of hydrogen-bond donors (Lipinski definition) is 2. The topological polar surface area (TPSA) is 93.1 Å². The molecule has 2 atom stereocenters. The van der Waals surface area contributed by atoms with Crippen LogP contribution in [0.3, 0.4) is 0 Å². The molecule has 0 amide bonds. The maximum atomic E-state index is 13.9. The number of alkyl halides is 11. The summed E-state index contributed by atoms with van der Waals surface area (Å²) in [7, 11) is -7.71. The smallest absolute Gasteiger partial charge is 0.432 e. The lowest BCUT2D eigenvalue weighted by Crippen LogP contribution is -2.60. The third-order valence-corrected chi connectivity index (χ3v) is 8.82. The second kappa shape index (κ2) is 12.2. The van der Waals surface area contributed by atoms with Gasteiger partial charge < -0.3 is 14.6 Å². The minimum absolute atomic E-state index is 0.297. The van der Waals surface area contributed by atoms with Crippen molar-refractivity contribution in [1.82, 2.24) is 0 Å². The van der Waals surface area contributed by atoms with Crippen molar-refractivity contribution in [3.05, 3.63) is 78.9 Å². The minimum Gasteiger partial charge on any atom is -0.490 e. The predicted molar refractivity (Wildman–Crippen MR) is 131 cm³/mol. The molecule has 0 saturated heterocycles. The van der Waals surface area contributed by atoms with Gasteiger partial charge in [0.2, 0.25) is 0 Å². The van der Waals surface area contributed by atoms with Crippen LogP contribution < -0.4 is 9.47 Å². The van der Waals surface area contributed by atoms with Crippen LogP contribution in [0.2, 0.25) is 0 Å². The van der Waals surface area contributed by atoms with Crippen LogP contribution in [-0.2, 0) is 21.0 Å². The number of rotatable bonds is 10. The van der Waals surface area contributed by atoms with Gasteiger partial charge in [0.1, 0.15) is 18.1 Å². The Balaban J connectivity index is 1.93. The van der Waals surface area contributed by atoms with Gasteiger partial charge in [-0.15, -0.1) is 0 Å². The van der Waals surface area contributed by atoms with Crippen molar-refractivity contribution in [2.45, 2.75) is 50.2 Å². The van der Waals surface area contributed by atoms with Crippen LogP contribution in [0.1, 0.15) is 0 Å². The molecule has 3 rings (SSSR count). The van der Waals surface area contributed by atoms with Crippen LogP contribution >= 0.6 is 0 Å². The number of halogens is 11. The third kappa shape index (κ3) is 7.49. The highest BCUT2D eigenvalue weighted by Crippen LogP contribution is 2.44. The Morgan fingerprint density at radius 2 is 1.07 bits per heavy atom. The quantitative estimate of drug-likeness (QED) is 0.138. The van der Waals surface area contributed by atoms with Crippen molar-refractivity contribution in [2.24, 2.45) is 0 Å². The van der Waals surface area contributed by atoms with E-state index in [1.165, 1.54) is 12.1 Å². The Labute approximate surface area is 244 Å². The Morgan fingerprint density at radius 3 is 1.45 bits per heavy atom. The van der Waals surface area contributed by atoms with E-state index in [9.17, 15) is 61.8 Å². The summed E-state index contributed by atoms with van der Waals surface area (Å²) in [4.78, 5) is 1.19. The fourth-order valence-electron chi connectivity index (χ4n) is 3.40. The van der Waals surface area contributed by atoms with Gasteiger partial charge >= 0.3 is 33.9 Å². The predicted octanol–water partition coefficient (Wildman–Crippen LogP) is 6.81. The van der Waals surface area contributed by atoms with E-state index >= 15 is 0 Å². The average molecular weight is 688 g/mol. The summed E-state index contributed by atoms with van der Waals surface area (Å²) >= 11 is 0. The summed E-state index contributed by atoms with van der Waals surface area (Å²) in [5.74, 6) is -1.35. The zero-order valence-corrected chi connectivity index (χ0v) is 22.9. The first-order chi connectivity index (χ1) is 20.0. The van der Waals surface area contributed by atoms with E-state index < -0.39 is 74.6 Å². The van der Waals surface area contributed by atoms with Gasteiger partial charge in [-0.2, -0.15) is 56.7 Å². The molecule has 0 spiro atoms. The van der Waals surface area contributed by atoms with E-state index in [1.807, 2.05) is 0 Å². The van der Waals surface area contributed by atoms with Crippen LogP contribution in [0.15, 0.2) is 93.5 Å². The van der Waals surface area contributed by atoms with Crippen LogP contribution in [0, 0.1) is 0 Å². The van der Waals surface area contributed by atoms with Crippen molar-refractivity contribution >= 4 is 21.0 Å². The summed E-state index contributed by atoms with van der Waals surface area (Å²) in [6.45, 7) is -2.21. The maximum Gasteiger partial charge on any atom is 0.432 e. The lowest BCUT2D eigenvalue weighted by Gasteiger charge is -2.31. The molecule has 0 saturated carbocycles. The number of benzene rings is 3. The second-order valence-corrected chi connectivity index (χ2v) is 12.3. The monoisotopic (exact) mass is 687 g/mol. The Bertz CT molecular complexity index is 1490. The Kier molecular flexibility index (Phi) is 9.79. The summed E-state index contributed by atoms with van der Waals surface area (Å²) < 4.78 is 184. The molecule has 242 valence electrons. The average Bonchev–Trinajstić information content (AvgIpc) is 2.90. The third-order valence-electron chi connectivity index (χ3n) is 5.68. The zero-order valence-electron chi connectivity index (χ0n) is 21.3. The Morgan fingerprint density at radius 1 is 0.659 bits per heavy atom. The fraction of sp³-hybridized carbons (Fsp3) is 0.280. The summed E-state index contributed by atoms with van der Waals surface area (Å²) in [5.41, 5.74) is -5.16. The van der Waals surface area contributed by atoms with E-state index in [4.69, 9.17) is 4.55 Å². The fourth-order valence-corrected chi connectivity index (χ4v) is 5.92. The molecule has 0 radical (unpaired) electrons. The molecule has 19 heteroatoms. The van der Waals surface area contributed by atoms with Crippen LogP contribution in [0.4, 0.5) is 48.3 Å². The van der Waals surface area contributed by atoms with Crippen LogP contribution in [0.5, 0.6) is 11.5 Å².